The van der Waals surface area contributed by atoms with Crippen molar-refractivity contribution in [2.45, 2.75) is 24.8 Å². The Hall–Kier alpha value is -2.41. The smallest absolute Gasteiger partial charge is 0.234 e. The third-order valence-electron chi connectivity index (χ3n) is 3.44. The van der Waals surface area contributed by atoms with Crippen LogP contribution in [0.15, 0.2) is 41.8 Å². The molecule has 0 N–H and O–H groups in total. The van der Waals surface area contributed by atoms with Gasteiger partial charge in [0.1, 0.15) is 0 Å². The van der Waals surface area contributed by atoms with Crippen molar-refractivity contribution < 1.29 is 0 Å². The first kappa shape index (κ1) is 13.3. The molecular weight excluding hydrogens is 296 g/mol. The second-order valence-electron chi connectivity index (χ2n) is 5.14. The number of imidazole rings is 1. The summed E-state index contributed by atoms with van der Waals surface area (Å²) in [5.74, 6) is 1.48. The number of pyridine rings is 1. The molecule has 0 radical (unpaired) electrons. The van der Waals surface area contributed by atoms with Crippen molar-refractivity contribution in [2.24, 2.45) is 0 Å². The van der Waals surface area contributed by atoms with Gasteiger partial charge in [-0.25, -0.2) is 9.97 Å². The van der Waals surface area contributed by atoms with E-state index in [0.717, 1.165) is 39.4 Å². The summed E-state index contributed by atoms with van der Waals surface area (Å²) < 4.78 is 4.00. The molecule has 4 aromatic rings. The van der Waals surface area contributed by atoms with Gasteiger partial charge in [0.05, 0.1) is 5.69 Å². The van der Waals surface area contributed by atoms with Gasteiger partial charge in [-0.1, -0.05) is 17.8 Å². The van der Waals surface area contributed by atoms with Gasteiger partial charge in [0.15, 0.2) is 10.8 Å². The van der Waals surface area contributed by atoms with Crippen LogP contribution in [0.25, 0.3) is 11.4 Å². The lowest BCUT2D eigenvalue weighted by Crippen LogP contribution is -1.94. The second kappa shape index (κ2) is 5.10. The van der Waals surface area contributed by atoms with E-state index in [1.54, 1.807) is 11.8 Å². The van der Waals surface area contributed by atoms with Gasteiger partial charge in [0, 0.05) is 29.5 Å². The maximum Gasteiger partial charge on any atom is 0.234 e. The zero-order valence-corrected chi connectivity index (χ0v) is 13.1. The predicted octanol–water partition coefficient (Wildman–Crippen LogP) is 2.68. The number of fused-ring (bicyclic) bond motifs is 2. The van der Waals surface area contributed by atoms with E-state index in [1.165, 1.54) is 0 Å². The van der Waals surface area contributed by atoms with Crippen LogP contribution in [-0.2, 0) is 5.75 Å². The van der Waals surface area contributed by atoms with E-state index >= 15 is 0 Å². The molecule has 0 saturated carbocycles. The molecule has 0 aliphatic heterocycles. The van der Waals surface area contributed by atoms with E-state index in [4.69, 9.17) is 0 Å². The van der Waals surface area contributed by atoms with Crippen LogP contribution in [0.1, 0.15) is 17.1 Å². The first-order chi connectivity index (χ1) is 10.7. The van der Waals surface area contributed by atoms with Gasteiger partial charge < -0.3 is 0 Å². The zero-order chi connectivity index (χ0) is 15.1. The Balaban J connectivity index is 1.63. The Labute approximate surface area is 131 Å². The van der Waals surface area contributed by atoms with Gasteiger partial charge >= 0.3 is 0 Å². The largest absolute Gasteiger partial charge is 0.288 e. The average molecular weight is 310 g/mol. The standard InChI is InChI=1S/C15H14N6S/c1-10-7-11(2)21-8-12(17-14(21)16-10)9-22-15-19-18-13-5-3-4-6-20(13)15/h3-8H,9H2,1-2H3. The quantitative estimate of drug-likeness (QED) is 0.544. The number of nitrogens with zero attached hydrogens (tertiary/aromatic N) is 6. The number of thioether (sulfide) groups is 1. The van der Waals surface area contributed by atoms with Gasteiger partial charge in [-0.15, -0.1) is 10.2 Å². The van der Waals surface area contributed by atoms with Crippen LogP contribution in [0.2, 0.25) is 0 Å². The minimum atomic E-state index is 0.734. The Morgan fingerprint density at radius 3 is 2.91 bits per heavy atom. The molecule has 0 saturated heterocycles. The van der Waals surface area contributed by atoms with Gasteiger partial charge in [0.2, 0.25) is 5.78 Å². The molecule has 0 unspecified atom stereocenters. The summed E-state index contributed by atoms with van der Waals surface area (Å²) in [6, 6.07) is 7.93. The SMILES string of the molecule is Cc1cc(C)n2cc(CSc3nnc4ccccn34)nc2n1. The Morgan fingerprint density at radius 2 is 2.00 bits per heavy atom. The van der Waals surface area contributed by atoms with E-state index in [0.29, 0.717) is 0 Å². The first-order valence-corrected chi connectivity index (χ1v) is 7.94. The highest BCUT2D eigenvalue weighted by Gasteiger charge is 2.09. The molecule has 0 aliphatic carbocycles. The Bertz CT molecular complexity index is 971. The minimum absolute atomic E-state index is 0.734. The summed E-state index contributed by atoms with van der Waals surface area (Å²) >= 11 is 1.62. The molecule has 110 valence electrons. The molecule has 0 bridgehead atoms. The van der Waals surface area contributed by atoms with Crippen LogP contribution in [0.5, 0.6) is 0 Å². The van der Waals surface area contributed by atoms with Crippen LogP contribution < -0.4 is 0 Å². The van der Waals surface area contributed by atoms with Crippen molar-refractivity contribution in [3.05, 3.63) is 53.7 Å². The molecule has 0 aliphatic rings. The fraction of sp³-hybridized carbons (Fsp3) is 0.200. The lowest BCUT2D eigenvalue weighted by atomic mass is 10.3. The highest BCUT2D eigenvalue weighted by molar-refractivity contribution is 7.98. The average Bonchev–Trinajstić information content (AvgIpc) is 3.09. The van der Waals surface area contributed by atoms with Crippen molar-refractivity contribution in [3.8, 4) is 0 Å². The first-order valence-electron chi connectivity index (χ1n) is 6.95. The fourth-order valence-corrected chi connectivity index (χ4v) is 3.25. The molecule has 4 aromatic heterocycles. The normalized spacial score (nSPS) is 11.5. The van der Waals surface area contributed by atoms with E-state index < -0.39 is 0 Å². The van der Waals surface area contributed by atoms with Crippen LogP contribution in [0.3, 0.4) is 0 Å². The predicted molar refractivity (Wildman–Crippen MR) is 85.0 cm³/mol. The third kappa shape index (κ3) is 2.23. The van der Waals surface area contributed by atoms with Crippen molar-refractivity contribution in [2.75, 3.05) is 0 Å². The summed E-state index contributed by atoms with van der Waals surface area (Å²) in [5, 5.41) is 9.24. The molecule has 0 aromatic carbocycles. The number of aromatic nitrogens is 6. The number of hydrogen-bond donors (Lipinski definition) is 0. The highest BCUT2D eigenvalue weighted by atomic mass is 32.2. The number of hydrogen-bond acceptors (Lipinski definition) is 5. The van der Waals surface area contributed by atoms with Gasteiger partial charge in [0.25, 0.3) is 0 Å². The zero-order valence-electron chi connectivity index (χ0n) is 12.3. The van der Waals surface area contributed by atoms with Gasteiger partial charge in [-0.3, -0.25) is 8.80 Å². The minimum Gasteiger partial charge on any atom is -0.288 e. The molecule has 0 spiro atoms. The molecule has 7 heteroatoms. The molecular formula is C15H14N6S. The monoisotopic (exact) mass is 310 g/mol. The summed E-state index contributed by atoms with van der Waals surface area (Å²) in [7, 11) is 0. The fourth-order valence-electron chi connectivity index (χ4n) is 2.44. The topological polar surface area (TPSA) is 60.4 Å². The lowest BCUT2D eigenvalue weighted by Gasteiger charge is -1.99. The Kier molecular flexibility index (Phi) is 3.07. The van der Waals surface area contributed by atoms with Crippen LogP contribution in [0.4, 0.5) is 0 Å². The highest BCUT2D eigenvalue weighted by Crippen LogP contribution is 2.21. The van der Waals surface area contributed by atoms with Crippen LogP contribution in [-0.4, -0.2) is 29.0 Å². The van der Waals surface area contributed by atoms with Gasteiger partial charge in [-0.05, 0) is 32.0 Å². The number of aryl methyl sites for hydroxylation is 2. The maximum absolute atomic E-state index is 4.59. The summed E-state index contributed by atoms with van der Waals surface area (Å²) in [6.07, 6.45) is 4.00. The van der Waals surface area contributed by atoms with E-state index in [9.17, 15) is 0 Å². The molecule has 4 rings (SSSR count). The van der Waals surface area contributed by atoms with E-state index in [1.807, 2.05) is 46.3 Å². The molecule has 4 heterocycles. The van der Waals surface area contributed by atoms with Gasteiger partial charge in [-0.2, -0.15) is 0 Å². The summed E-state index contributed by atoms with van der Waals surface area (Å²) in [5.41, 5.74) is 3.96. The van der Waals surface area contributed by atoms with Crippen molar-refractivity contribution in [3.63, 3.8) is 0 Å². The van der Waals surface area contributed by atoms with Crippen molar-refractivity contribution in [1.82, 2.24) is 29.0 Å². The van der Waals surface area contributed by atoms with E-state index in [-0.39, 0.29) is 0 Å². The third-order valence-corrected chi connectivity index (χ3v) is 4.42. The lowest BCUT2D eigenvalue weighted by molar-refractivity contribution is 0.920. The molecule has 0 amide bonds. The van der Waals surface area contributed by atoms with Crippen molar-refractivity contribution >= 4 is 23.2 Å². The van der Waals surface area contributed by atoms with Crippen LogP contribution in [0, 0.1) is 13.8 Å². The van der Waals surface area contributed by atoms with Crippen molar-refractivity contribution in [1.29, 1.82) is 0 Å². The molecule has 6 nitrogen and oxygen atoms in total. The number of rotatable bonds is 3. The molecule has 22 heavy (non-hydrogen) atoms. The van der Waals surface area contributed by atoms with Crippen LogP contribution >= 0.6 is 11.8 Å². The molecule has 0 atom stereocenters. The Morgan fingerprint density at radius 1 is 1.09 bits per heavy atom. The summed E-state index contributed by atoms with van der Waals surface area (Å²) in [6.45, 7) is 4.05. The summed E-state index contributed by atoms with van der Waals surface area (Å²) in [4.78, 5) is 9.05. The second-order valence-corrected chi connectivity index (χ2v) is 6.08. The van der Waals surface area contributed by atoms with E-state index in [2.05, 4.69) is 33.2 Å². The maximum atomic E-state index is 4.59. The molecule has 0 fully saturated rings.